The maximum atomic E-state index is 13.0. The molecule has 7 nitrogen and oxygen atoms in total. The van der Waals surface area contributed by atoms with Gasteiger partial charge in [-0.15, -0.1) is 0 Å². The summed E-state index contributed by atoms with van der Waals surface area (Å²) in [4.78, 5) is 44.1. The van der Waals surface area contributed by atoms with Gasteiger partial charge in [0.15, 0.2) is 0 Å². The van der Waals surface area contributed by atoms with E-state index in [4.69, 9.17) is 0 Å². The van der Waals surface area contributed by atoms with Crippen molar-refractivity contribution in [2.24, 2.45) is 5.92 Å². The van der Waals surface area contributed by atoms with Crippen LogP contribution in [0.3, 0.4) is 0 Å². The Labute approximate surface area is 186 Å². The van der Waals surface area contributed by atoms with Gasteiger partial charge in [0.05, 0.1) is 6.54 Å². The highest BCUT2D eigenvalue weighted by Gasteiger charge is 2.28. The van der Waals surface area contributed by atoms with Gasteiger partial charge in [0.1, 0.15) is 5.56 Å². The zero-order chi connectivity index (χ0) is 22.3. The first-order valence-electron chi connectivity index (χ1n) is 10.8. The van der Waals surface area contributed by atoms with Crippen LogP contribution in [0.15, 0.2) is 78.0 Å². The zero-order valence-electron chi connectivity index (χ0n) is 17.8. The average molecular weight is 431 g/mol. The molecular weight excluding hydrogens is 404 g/mol. The van der Waals surface area contributed by atoms with Crippen LogP contribution in [0.5, 0.6) is 0 Å². The molecule has 2 aromatic heterocycles. The van der Waals surface area contributed by atoms with Gasteiger partial charge in [-0.2, -0.15) is 0 Å². The number of likely N-dealkylation sites (tertiary alicyclic amines) is 1. The molecule has 0 unspecified atom stereocenters. The van der Waals surface area contributed by atoms with Crippen molar-refractivity contribution in [1.29, 1.82) is 0 Å². The van der Waals surface area contributed by atoms with E-state index >= 15 is 0 Å². The van der Waals surface area contributed by atoms with Gasteiger partial charge < -0.3 is 14.8 Å². The van der Waals surface area contributed by atoms with E-state index in [1.165, 1.54) is 0 Å². The third-order valence-corrected chi connectivity index (χ3v) is 5.79. The second-order valence-corrected chi connectivity index (χ2v) is 7.99. The summed E-state index contributed by atoms with van der Waals surface area (Å²) in [6.45, 7) is 1.77. The summed E-state index contributed by atoms with van der Waals surface area (Å²) in [6, 6.07) is 16.7. The van der Waals surface area contributed by atoms with Crippen molar-refractivity contribution in [3.05, 3.63) is 100 Å². The van der Waals surface area contributed by atoms with E-state index < -0.39 is 0 Å². The molecule has 1 N–H and O–H groups in total. The number of carbonyl (C=O) groups is 2. The Balaban J connectivity index is 1.35. The first-order valence-corrected chi connectivity index (χ1v) is 10.8. The van der Waals surface area contributed by atoms with E-state index in [0.29, 0.717) is 39.0 Å². The molecule has 1 aliphatic rings. The smallest absolute Gasteiger partial charge is 0.263 e. The molecule has 1 aromatic carbocycles. The normalized spacial score (nSPS) is 14.2. The average Bonchev–Trinajstić information content (AvgIpc) is 2.85. The third kappa shape index (κ3) is 5.11. The maximum absolute atomic E-state index is 13.0. The van der Waals surface area contributed by atoms with Crippen LogP contribution in [0.25, 0.3) is 0 Å². The minimum Gasteiger partial charge on any atom is -0.352 e. The minimum atomic E-state index is -0.294. The number of hydrogen-bond donors (Lipinski definition) is 1. The Bertz CT molecular complexity index is 1120. The number of benzene rings is 1. The molecule has 7 heteroatoms. The van der Waals surface area contributed by atoms with Crippen molar-refractivity contribution in [3.8, 4) is 0 Å². The van der Waals surface area contributed by atoms with Gasteiger partial charge in [-0.25, -0.2) is 0 Å². The molecule has 0 radical (unpaired) electrons. The molecule has 1 aliphatic heterocycles. The summed E-state index contributed by atoms with van der Waals surface area (Å²) < 4.78 is 1.56. The second-order valence-electron chi connectivity index (χ2n) is 7.99. The number of piperidine rings is 1. The van der Waals surface area contributed by atoms with Crippen molar-refractivity contribution in [2.75, 3.05) is 13.1 Å². The number of nitrogens with one attached hydrogen (secondary N) is 1. The predicted octanol–water partition coefficient (Wildman–Crippen LogP) is 2.46. The lowest BCUT2D eigenvalue weighted by atomic mass is 9.95. The van der Waals surface area contributed by atoms with Crippen LogP contribution >= 0.6 is 0 Å². The second kappa shape index (κ2) is 10.0. The van der Waals surface area contributed by atoms with E-state index in [0.717, 1.165) is 11.1 Å². The molecule has 0 aliphatic carbocycles. The Kier molecular flexibility index (Phi) is 6.75. The minimum absolute atomic E-state index is 0.00844. The van der Waals surface area contributed by atoms with Gasteiger partial charge >= 0.3 is 0 Å². The van der Waals surface area contributed by atoms with Gasteiger partial charge in [0, 0.05) is 44.1 Å². The number of pyridine rings is 2. The molecule has 1 saturated heterocycles. The summed E-state index contributed by atoms with van der Waals surface area (Å²) in [6.07, 6.45) is 6.28. The Hall–Kier alpha value is -3.74. The SMILES string of the molecule is O=C(NCc1cccnc1)C1CCN(C(=O)c2cccn(Cc3ccccc3)c2=O)CC1. The lowest BCUT2D eigenvalue weighted by Gasteiger charge is -2.31. The summed E-state index contributed by atoms with van der Waals surface area (Å²) in [5.41, 5.74) is 1.82. The van der Waals surface area contributed by atoms with E-state index in [1.54, 1.807) is 40.2 Å². The van der Waals surface area contributed by atoms with Gasteiger partial charge in [-0.3, -0.25) is 19.4 Å². The molecule has 3 heterocycles. The highest BCUT2D eigenvalue weighted by atomic mass is 16.2. The number of aromatic nitrogens is 2. The molecule has 2 amide bonds. The largest absolute Gasteiger partial charge is 0.352 e. The van der Waals surface area contributed by atoms with E-state index in [1.807, 2.05) is 42.5 Å². The van der Waals surface area contributed by atoms with Crippen LogP contribution in [-0.2, 0) is 17.9 Å². The molecule has 0 bridgehead atoms. The Morgan fingerprint density at radius 3 is 2.44 bits per heavy atom. The third-order valence-electron chi connectivity index (χ3n) is 5.79. The number of rotatable bonds is 6. The fraction of sp³-hybridized carbons (Fsp3) is 0.280. The molecular formula is C25H26N4O3. The first-order chi connectivity index (χ1) is 15.6. The summed E-state index contributed by atoms with van der Waals surface area (Å²) >= 11 is 0. The standard InChI is InChI=1S/C25H26N4O3/c30-23(27-17-20-8-4-12-26-16-20)21-10-14-28(15-11-21)24(31)22-9-5-13-29(25(22)32)18-19-6-2-1-3-7-19/h1-9,12-13,16,21H,10-11,14-15,17-18H2,(H,27,30). The van der Waals surface area contributed by atoms with E-state index in [2.05, 4.69) is 10.3 Å². The lowest BCUT2D eigenvalue weighted by Crippen LogP contribution is -2.44. The first kappa shape index (κ1) is 21.5. The molecule has 0 spiro atoms. The maximum Gasteiger partial charge on any atom is 0.263 e. The molecule has 3 aromatic rings. The molecule has 4 rings (SSSR count). The van der Waals surface area contributed by atoms with Gasteiger partial charge in [-0.1, -0.05) is 36.4 Å². The van der Waals surface area contributed by atoms with Crippen LogP contribution < -0.4 is 10.9 Å². The number of hydrogen-bond acceptors (Lipinski definition) is 4. The van der Waals surface area contributed by atoms with Crippen LogP contribution in [0.1, 0.15) is 34.3 Å². The molecule has 164 valence electrons. The van der Waals surface area contributed by atoms with Gasteiger partial charge in [0.25, 0.3) is 11.5 Å². The quantitative estimate of drug-likeness (QED) is 0.651. The highest BCUT2D eigenvalue weighted by Crippen LogP contribution is 2.19. The fourth-order valence-corrected chi connectivity index (χ4v) is 3.96. The molecule has 0 saturated carbocycles. The van der Waals surface area contributed by atoms with Crippen molar-refractivity contribution in [1.82, 2.24) is 19.8 Å². The Morgan fingerprint density at radius 1 is 0.969 bits per heavy atom. The molecule has 32 heavy (non-hydrogen) atoms. The van der Waals surface area contributed by atoms with Crippen LogP contribution in [0.4, 0.5) is 0 Å². The van der Waals surface area contributed by atoms with E-state index in [9.17, 15) is 14.4 Å². The van der Waals surface area contributed by atoms with Crippen molar-refractivity contribution in [3.63, 3.8) is 0 Å². The zero-order valence-corrected chi connectivity index (χ0v) is 17.8. The monoisotopic (exact) mass is 430 g/mol. The van der Waals surface area contributed by atoms with Crippen molar-refractivity contribution >= 4 is 11.8 Å². The van der Waals surface area contributed by atoms with Crippen LogP contribution in [0.2, 0.25) is 0 Å². The van der Waals surface area contributed by atoms with Crippen LogP contribution in [0, 0.1) is 5.92 Å². The van der Waals surface area contributed by atoms with Crippen LogP contribution in [-0.4, -0.2) is 39.4 Å². The predicted molar refractivity (Wildman–Crippen MR) is 121 cm³/mol. The Morgan fingerprint density at radius 2 is 1.72 bits per heavy atom. The number of nitrogens with zero attached hydrogens (tertiary/aromatic N) is 3. The van der Waals surface area contributed by atoms with Crippen molar-refractivity contribution in [2.45, 2.75) is 25.9 Å². The van der Waals surface area contributed by atoms with Crippen molar-refractivity contribution < 1.29 is 9.59 Å². The van der Waals surface area contributed by atoms with E-state index in [-0.39, 0.29) is 28.9 Å². The van der Waals surface area contributed by atoms with Gasteiger partial charge in [-0.05, 0) is 42.2 Å². The highest BCUT2D eigenvalue weighted by molar-refractivity contribution is 5.94. The lowest BCUT2D eigenvalue weighted by molar-refractivity contribution is -0.126. The fourth-order valence-electron chi connectivity index (χ4n) is 3.96. The summed E-state index contributed by atoms with van der Waals surface area (Å²) in [5.74, 6) is -0.418. The molecule has 1 fully saturated rings. The topological polar surface area (TPSA) is 84.3 Å². The molecule has 0 atom stereocenters. The number of amides is 2. The summed E-state index contributed by atoms with van der Waals surface area (Å²) in [5, 5.41) is 2.95. The summed E-state index contributed by atoms with van der Waals surface area (Å²) in [7, 11) is 0. The number of carbonyl (C=O) groups excluding carboxylic acids is 2. The van der Waals surface area contributed by atoms with Gasteiger partial charge in [0.2, 0.25) is 5.91 Å².